The highest BCUT2D eigenvalue weighted by atomic mass is 16.1. The quantitative estimate of drug-likeness (QED) is 0.698. The summed E-state index contributed by atoms with van der Waals surface area (Å²) in [6.07, 6.45) is 2.70. The van der Waals surface area contributed by atoms with Crippen LogP contribution in [0, 0.1) is 0 Å². The Hall–Kier alpha value is -1.70. The van der Waals surface area contributed by atoms with Gasteiger partial charge >= 0.3 is 0 Å². The van der Waals surface area contributed by atoms with Gasteiger partial charge in [0.15, 0.2) is 11.6 Å². The Kier molecular flexibility index (Phi) is 2.27. The van der Waals surface area contributed by atoms with Gasteiger partial charge in [-0.25, -0.2) is 0 Å². The molecule has 2 nitrogen and oxygen atoms in total. The van der Waals surface area contributed by atoms with Crippen molar-refractivity contribution in [1.82, 2.24) is 0 Å². The van der Waals surface area contributed by atoms with Crippen molar-refractivity contribution >= 4 is 11.6 Å². The van der Waals surface area contributed by atoms with E-state index in [0.717, 1.165) is 5.56 Å². The van der Waals surface area contributed by atoms with Crippen LogP contribution in [0.15, 0.2) is 30.4 Å². The molecule has 0 saturated heterocycles. The van der Waals surface area contributed by atoms with E-state index in [1.54, 1.807) is 6.07 Å². The maximum Gasteiger partial charge on any atom is 0.187 e. The van der Waals surface area contributed by atoms with Crippen LogP contribution >= 0.6 is 0 Å². The molecule has 0 radical (unpaired) electrons. The number of hydrogen-bond acceptors (Lipinski definition) is 2. The van der Waals surface area contributed by atoms with Crippen LogP contribution in [0.2, 0.25) is 0 Å². The summed E-state index contributed by atoms with van der Waals surface area (Å²) in [4.78, 5) is 23.3. The molecule has 1 aromatic carbocycles. The first-order valence-corrected chi connectivity index (χ1v) is 5.01. The first kappa shape index (κ1) is 9.84. The third kappa shape index (κ3) is 1.52. The van der Waals surface area contributed by atoms with Gasteiger partial charge in [-0.3, -0.25) is 9.59 Å². The second kappa shape index (κ2) is 3.46. The van der Waals surface area contributed by atoms with Gasteiger partial charge in [0.1, 0.15) is 0 Å². The zero-order valence-corrected chi connectivity index (χ0v) is 8.78. The molecular formula is C13H12O2. The molecule has 0 fully saturated rings. The molecule has 0 aromatic heterocycles. The van der Waals surface area contributed by atoms with E-state index in [9.17, 15) is 9.59 Å². The van der Waals surface area contributed by atoms with Crippen LogP contribution in [-0.4, -0.2) is 11.6 Å². The summed E-state index contributed by atoms with van der Waals surface area (Å²) < 4.78 is 0. The van der Waals surface area contributed by atoms with Gasteiger partial charge in [0.2, 0.25) is 0 Å². The minimum atomic E-state index is -0.0768. The molecule has 0 amide bonds. The number of rotatable bonds is 1. The molecule has 2 heteroatoms. The minimum absolute atomic E-state index is 0.0612. The predicted octanol–water partition coefficient (Wildman–Crippen LogP) is 2.75. The summed E-state index contributed by atoms with van der Waals surface area (Å²) in [6.45, 7) is 4.04. The zero-order valence-electron chi connectivity index (χ0n) is 8.78. The topological polar surface area (TPSA) is 34.1 Å². The predicted molar refractivity (Wildman–Crippen MR) is 58.3 cm³/mol. The fourth-order valence-electron chi connectivity index (χ4n) is 1.86. The monoisotopic (exact) mass is 200 g/mol. The number of carbonyl (C=O) groups excluding carboxylic acids is 2. The van der Waals surface area contributed by atoms with E-state index >= 15 is 0 Å². The van der Waals surface area contributed by atoms with Crippen LogP contribution in [0.4, 0.5) is 0 Å². The number of allylic oxidation sites excluding steroid dienone is 2. The third-order valence-corrected chi connectivity index (χ3v) is 2.62. The molecule has 0 N–H and O–H groups in total. The highest BCUT2D eigenvalue weighted by Gasteiger charge is 2.22. The van der Waals surface area contributed by atoms with Crippen molar-refractivity contribution in [2.45, 2.75) is 19.8 Å². The van der Waals surface area contributed by atoms with Crippen LogP contribution in [0.5, 0.6) is 0 Å². The molecule has 2 rings (SSSR count). The van der Waals surface area contributed by atoms with E-state index in [2.05, 4.69) is 0 Å². The second-order valence-corrected chi connectivity index (χ2v) is 3.99. The van der Waals surface area contributed by atoms with Gasteiger partial charge in [0, 0.05) is 11.1 Å². The summed E-state index contributed by atoms with van der Waals surface area (Å²) >= 11 is 0. The van der Waals surface area contributed by atoms with Crippen molar-refractivity contribution in [1.29, 1.82) is 0 Å². The summed E-state index contributed by atoms with van der Waals surface area (Å²) in [5.41, 5.74) is 2.07. The Morgan fingerprint density at radius 3 is 2.33 bits per heavy atom. The first-order valence-electron chi connectivity index (χ1n) is 5.01. The molecule has 0 unspecified atom stereocenters. The number of benzene rings is 1. The molecule has 0 bridgehead atoms. The molecule has 76 valence electrons. The zero-order chi connectivity index (χ0) is 11.0. The molecule has 0 spiro atoms. The second-order valence-electron chi connectivity index (χ2n) is 3.99. The van der Waals surface area contributed by atoms with Crippen molar-refractivity contribution < 1.29 is 9.59 Å². The Morgan fingerprint density at radius 2 is 1.67 bits per heavy atom. The van der Waals surface area contributed by atoms with E-state index in [4.69, 9.17) is 0 Å². The smallest absolute Gasteiger partial charge is 0.187 e. The third-order valence-electron chi connectivity index (χ3n) is 2.62. The average molecular weight is 200 g/mol. The normalized spacial score (nSPS) is 14.6. The number of fused-ring (bicyclic) bond motifs is 1. The van der Waals surface area contributed by atoms with Gasteiger partial charge in [0.25, 0.3) is 0 Å². The molecule has 0 atom stereocenters. The molecule has 0 saturated carbocycles. The highest BCUT2D eigenvalue weighted by molar-refractivity contribution is 6.22. The maximum absolute atomic E-state index is 11.7. The van der Waals surface area contributed by atoms with Crippen molar-refractivity contribution in [3.8, 4) is 0 Å². The Bertz CT molecular complexity index is 467. The van der Waals surface area contributed by atoms with E-state index in [1.165, 1.54) is 12.2 Å². The summed E-state index contributed by atoms with van der Waals surface area (Å²) in [5.74, 6) is 0.115. The van der Waals surface area contributed by atoms with Gasteiger partial charge in [-0.15, -0.1) is 0 Å². The van der Waals surface area contributed by atoms with E-state index in [-0.39, 0.29) is 17.5 Å². The average Bonchev–Trinajstić information content (AvgIpc) is 2.23. The van der Waals surface area contributed by atoms with Crippen LogP contribution in [0.3, 0.4) is 0 Å². The first-order chi connectivity index (χ1) is 7.11. The largest absolute Gasteiger partial charge is 0.289 e. The van der Waals surface area contributed by atoms with Gasteiger partial charge in [-0.1, -0.05) is 32.0 Å². The van der Waals surface area contributed by atoms with E-state index in [0.29, 0.717) is 11.1 Å². The maximum atomic E-state index is 11.7. The lowest BCUT2D eigenvalue weighted by Crippen LogP contribution is -2.14. The van der Waals surface area contributed by atoms with Crippen LogP contribution in [-0.2, 0) is 0 Å². The standard InChI is InChI=1S/C13H12O2/c1-8(2)9-4-3-5-10-11(14)6-7-12(15)13(9)10/h3-8H,1-2H3. The summed E-state index contributed by atoms with van der Waals surface area (Å²) in [5, 5.41) is 0. The molecule has 1 aromatic rings. The minimum Gasteiger partial charge on any atom is -0.289 e. The Balaban J connectivity index is 2.71. The van der Waals surface area contributed by atoms with Crippen LogP contribution in [0.25, 0.3) is 0 Å². The molecule has 15 heavy (non-hydrogen) atoms. The van der Waals surface area contributed by atoms with Gasteiger partial charge < -0.3 is 0 Å². The van der Waals surface area contributed by atoms with Crippen LogP contribution in [0.1, 0.15) is 46.0 Å². The van der Waals surface area contributed by atoms with E-state index < -0.39 is 0 Å². The lowest BCUT2D eigenvalue weighted by atomic mass is 9.86. The van der Waals surface area contributed by atoms with Gasteiger partial charge in [-0.05, 0) is 23.6 Å². The lowest BCUT2D eigenvalue weighted by Gasteiger charge is -2.15. The fourth-order valence-corrected chi connectivity index (χ4v) is 1.86. The molecule has 1 aliphatic carbocycles. The van der Waals surface area contributed by atoms with Crippen molar-refractivity contribution in [3.63, 3.8) is 0 Å². The summed E-state index contributed by atoms with van der Waals surface area (Å²) in [6, 6.07) is 5.46. The van der Waals surface area contributed by atoms with Crippen molar-refractivity contribution in [2.24, 2.45) is 0 Å². The lowest BCUT2D eigenvalue weighted by molar-refractivity contribution is 0.0993. The molecule has 1 aliphatic rings. The molecule has 0 heterocycles. The SMILES string of the molecule is CC(C)c1cccc2c1C(=O)C=CC2=O. The molecule has 0 aliphatic heterocycles. The summed E-state index contributed by atoms with van der Waals surface area (Å²) in [7, 11) is 0. The number of ketones is 2. The highest BCUT2D eigenvalue weighted by Crippen LogP contribution is 2.26. The van der Waals surface area contributed by atoms with E-state index in [1.807, 2.05) is 26.0 Å². The van der Waals surface area contributed by atoms with Crippen molar-refractivity contribution in [2.75, 3.05) is 0 Å². The number of hydrogen-bond donors (Lipinski definition) is 0. The number of carbonyl (C=O) groups is 2. The van der Waals surface area contributed by atoms with Gasteiger partial charge in [0.05, 0.1) is 0 Å². The van der Waals surface area contributed by atoms with Gasteiger partial charge in [-0.2, -0.15) is 0 Å². The Labute approximate surface area is 88.6 Å². The fraction of sp³-hybridized carbons (Fsp3) is 0.231. The van der Waals surface area contributed by atoms with Crippen molar-refractivity contribution in [3.05, 3.63) is 47.0 Å². The molecular weight excluding hydrogens is 188 g/mol. The Morgan fingerprint density at radius 1 is 1.00 bits per heavy atom. The van der Waals surface area contributed by atoms with Crippen LogP contribution < -0.4 is 0 Å².